The normalized spacial score (nSPS) is 16.2. The highest BCUT2D eigenvalue weighted by Crippen LogP contribution is 2.06. The van der Waals surface area contributed by atoms with E-state index in [0.717, 1.165) is 12.0 Å². The van der Waals surface area contributed by atoms with Gasteiger partial charge in [0.2, 0.25) is 0 Å². The first-order valence-corrected chi connectivity index (χ1v) is 3.73. The first kappa shape index (κ1) is 9.44. The lowest BCUT2D eigenvalue weighted by atomic mass is 10.1. The van der Waals surface area contributed by atoms with E-state index in [1.165, 1.54) is 0 Å². The molecule has 1 heteroatoms. The standard InChI is InChI=1S/C9H16O/c1-4-7-8(5-2)9(10)6-3/h4-5,7,9-10H,6H2,1-3H3/b7-4-,8-5+. The van der Waals surface area contributed by atoms with Gasteiger partial charge in [0.1, 0.15) is 0 Å². The van der Waals surface area contributed by atoms with Crippen LogP contribution in [0.3, 0.4) is 0 Å². The Hall–Kier alpha value is -0.560. The molecule has 0 saturated heterocycles. The van der Waals surface area contributed by atoms with Gasteiger partial charge in [-0.3, -0.25) is 0 Å². The molecule has 1 atom stereocenters. The number of rotatable bonds is 3. The molecule has 0 aliphatic carbocycles. The summed E-state index contributed by atoms with van der Waals surface area (Å²) >= 11 is 0. The molecule has 0 bridgehead atoms. The van der Waals surface area contributed by atoms with Gasteiger partial charge in [0, 0.05) is 0 Å². The summed E-state index contributed by atoms with van der Waals surface area (Å²) < 4.78 is 0. The third-order valence-corrected chi connectivity index (χ3v) is 1.46. The van der Waals surface area contributed by atoms with E-state index in [-0.39, 0.29) is 6.10 Å². The molecule has 0 amide bonds. The van der Waals surface area contributed by atoms with Crippen molar-refractivity contribution in [2.24, 2.45) is 0 Å². The number of hydrogen-bond acceptors (Lipinski definition) is 1. The van der Waals surface area contributed by atoms with E-state index >= 15 is 0 Å². The molecule has 0 rings (SSSR count). The summed E-state index contributed by atoms with van der Waals surface area (Å²) in [7, 11) is 0. The van der Waals surface area contributed by atoms with Crippen LogP contribution in [0.15, 0.2) is 23.8 Å². The molecule has 0 spiro atoms. The van der Waals surface area contributed by atoms with Gasteiger partial charge in [0.15, 0.2) is 0 Å². The average Bonchev–Trinajstić information content (AvgIpc) is 1.99. The molecule has 1 unspecified atom stereocenters. The predicted octanol–water partition coefficient (Wildman–Crippen LogP) is 2.28. The van der Waals surface area contributed by atoms with Gasteiger partial charge < -0.3 is 5.11 Å². The molecule has 1 nitrogen and oxygen atoms in total. The second kappa shape index (κ2) is 5.24. The van der Waals surface area contributed by atoms with Gasteiger partial charge in [-0.15, -0.1) is 0 Å². The van der Waals surface area contributed by atoms with Crippen molar-refractivity contribution in [2.45, 2.75) is 33.3 Å². The van der Waals surface area contributed by atoms with Crippen LogP contribution < -0.4 is 0 Å². The van der Waals surface area contributed by atoms with Gasteiger partial charge >= 0.3 is 0 Å². The molecule has 0 aliphatic heterocycles. The maximum atomic E-state index is 9.33. The lowest BCUT2D eigenvalue weighted by molar-refractivity contribution is 0.210. The molecule has 0 heterocycles. The van der Waals surface area contributed by atoms with Crippen molar-refractivity contribution >= 4 is 0 Å². The maximum absolute atomic E-state index is 9.33. The Bertz CT molecular complexity index is 134. The molecule has 0 aliphatic rings. The van der Waals surface area contributed by atoms with Crippen molar-refractivity contribution in [1.29, 1.82) is 0 Å². The van der Waals surface area contributed by atoms with E-state index in [1.54, 1.807) is 0 Å². The second-order valence-corrected chi connectivity index (χ2v) is 2.21. The van der Waals surface area contributed by atoms with E-state index in [1.807, 2.05) is 39.0 Å². The zero-order valence-corrected chi connectivity index (χ0v) is 6.96. The fourth-order valence-corrected chi connectivity index (χ4v) is 0.828. The highest BCUT2D eigenvalue weighted by molar-refractivity contribution is 5.21. The van der Waals surface area contributed by atoms with Crippen LogP contribution in [0.4, 0.5) is 0 Å². The highest BCUT2D eigenvalue weighted by Gasteiger charge is 2.01. The first-order chi connectivity index (χ1) is 4.76. The highest BCUT2D eigenvalue weighted by atomic mass is 16.3. The number of hydrogen-bond donors (Lipinski definition) is 1. The summed E-state index contributed by atoms with van der Waals surface area (Å²) in [5, 5.41) is 9.33. The first-order valence-electron chi connectivity index (χ1n) is 3.73. The van der Waals surface area contributed by atoms with E-state index in [2.05, 4.69) is 0 Å². The Morgan fingerprint density at radius 3 is 2.40 bits per heavy atom. The lowest BCUT2D eigenvalue weighted by Gasteiger charge is -2.07. The molecular weight excluding hydrogens is 124 g/mol. The van der Waals surface area contributed by atoms with Crippen LogP contribution >= 0.6 is 0 Å². The van der Waals surface area contributed by atoms with Gasteiger partial charge in [0.05, 0.1) is 6.10 Å². The molecule has 0 saturated carbocycles. The van der Waals surface area contributed by atoms with Gasteiger partial charge in [-0.1, -0.05) is 25.2 Å². The lowest BCUT2D eigenvalue weighted by Crippen LogP contribution is -2.05. The third kappa shape index (κ3) is 2.83. The Kier molecular flexibility index (Phi) is 4.95. The van der Waals surface area contributed by atoms with Crippen molar-refractivity contribution in [3.05, 3.63) is 23.8 Å². The summed E-state index contributed by atoms with van der Waals surface area (Å²) in [6.45, 7) is 5.86. The SMILES string of the molecule is C/C=C\C(=C/C)C(O)CC. The van der Waals surface area contributed by atoms with Gasteiger partial charge in [-0.25, -0.2) is 0 Å². The van der Waals surface area contributed by atoms with E-state index < -0.39 is 0 Å². The van der Waals surface area contributed by atoms with E-state index in [4.69, 9.17) is 0 Å². The van der Waals surface area contributed by atoms with Crippen LogP contribution in [0, 0.1) is 0 Å². The van der Waals surface area contributed by atoms with Crippen LogP contribution in [-0.2, 0) is 0 Å². The van der Waals surface area contributed by atoms with Gasteiger partial charge in [-0.05, 0) is 25.8 Å². The minimum atomic E-state index is -0.291. The fourth-order valence-electron chi connectivity index (χ4n) is 0.828. The van der Waals surface area contributed by atoms with Crippen LogP contribution in [-0.4, -0.2) is 11.2 Å². The molecule has 0 fully saturated rings. The number of aliphatic hydroxyl groups excluding tert-OH is 1. The summed E-state index contributed by atoms with van der Waals surface area (Å²) in [5.41, 5.74) is 1.00. The molecule has 58 valence electrons. The summed E-state index contributed by atoms with van der Waals surface area (Å²) in [6.07, 6.45) is 6.31. The minimum absolute atomic E-state index is 0.291. The quantitative estimate of drug-likeness (QED) is 0.596. The Balaban J connectivity index is 4.08. The minimum Gasteiger partial charge on any atom is -0.388 e. The maximum Gasteiger partial charge on any atom is 0.0784 e. The van der Waals surface area contributed by atoms with Gasteiger partial charge in [-0.2, -0.15) is 0 Å². The zero-order valence-electron chi connectivity index (χ0n) is 6.96. The molecule has 10 heavy (non-hydrogen) atoms. The topological polar surface area (TPSA) is 20.2 Å². The second-order valence-electron chi connectivity index (χ2n) is 2.21. The predicted molar refractivity (Wildman–Crippen MR) is 44.9 cm³/mol. The van der Waals surface area contributed by atoms with Crippen LogP contribution in [0.5, 0.6) is 0 Å². The van der Waals surface area contributed by atoms with Crippen molar-refractivity contribution in [3.8, 4) is 0 Å². The Labute approximate surface area is 63.1 Å². The third-order valence-electron chi connectivity index (χ3n) is 1.46. The van der Waals surface area contributed by atoms with E-state index in [9.17, 15) is 5.11 Å². The summed E-state index contributed by atoms with van der Waals surface area (Å²) in [5.74, 6) is 0. The fraction of sp³-hybridized carbons (Fsp3) is 0.556. The number of allylic oxidation sites excluding steroid dienone is 2. The van der Waals surface area contributed by atoms with Crippen molar-refractivity contribution in [2.75, 3.05) is 0 Å². The smallest absolute Gasteiger partial charge is 0.0784 e. The molecule has 0 aromatic rings. The van der Waals surface area contributed by atoms with Gasteiger partial charge in [0.25, 0.3) is 0 Å². The van der Waals surface area contributed by atoms with E-state index in [0.29, 0.717) is 0 Å². The van der Waals surface area contributed by atoms with Crippen LogP contribution in [0.25, 0.3) is 0 Å². The number of aliphatic hydroxyl groups is 1. The monoisotopic (exact) mass is 140 g/mol. The van der Waals surface area contributed by atoms with Crippen molar-refractivity contribution in [3.63, 3.8) is 0 Å². The Morgan fingerprint density at radius 1 is 1.50 bits per heavy atom. The Morgan fingerprint density at radius 2 is 2.10 bits per heavy atom. The van der Waals surface area contributed by atoms with Crippen LogP contribution in [0.2, 0.25) is 0 Å². The molecular formula is C9H16O. The summed E-state index contributed by atoms with van der Waals surface area (Å²) in [4.78, 5) is 0. The van der Waals surface area contributed by atoms with Crippen LogP contribution in [0.1, 0.15) is 27.2 Å². The molecule has 0 radical (unpaired) electrons. The average molecular weight is 140 g/mol. The zero-order chi connectivity index (χ0) is 7.98. The molecule has 0 aromatic heterocycles. The molecule has 0 aromatic carbocycles. The molecule has 1 N–H and O–H groups in total. The summed E-state index contributed by atoms with van der Waals surface area (Å²) in [6, 6.07) is 0. The largest absolute Gasteiger partial charge is 0.388 e. The van der Waals surface area contributed by atoms with Crippen molar-refractivity contribution in [1.82, 2.24) is 0 Å². The van der Waals surface area contributed by atoms with Crippen molar-refractivity contribution < 1.29 is 5.11 Å².